The summed E-state index contributed by atoms with van der Waals surface area (Å²) in [5, 5.41) is 8.05. The largest absolute Gasteiger partial charge is 0.313 e. The first-order valence-corrected chi connectivity index (χ1v) is 16.3. The number of hydrogen-bond acceptors (Lipinski definition) is 1. The van der Waals surface area contributed by atoms with E-state index >= 15 is 0 Å². The smallest absolute Gasteiger partial charge is 0.0511 e. The van der Waals surface area contributed by atoms with Crippen LogP contribution >= 0.6 is 0 Å². The topological polar surface area (TPSA) is 23.9 Å². The molecule has 4 heteroatoms. The second-order valence-electron chi connectivity index (χ2n) is 7.70. The van der Waals surface area contributed by atoms with E-state index in [9.17, 15) is 0 Å². The van der Waals surface area contributed by atoms with E-state index < -0.39 is 24.2 Å². The first-order chi connectivity index (χ1) is 6.31. The second kappa shape index (κ2) is 3.96. The lowest BCUT2D eigenvalue weighted by Gasteiger charge is -2.56. The second-order valence-corrected chi connectivity index (χ2v) is 25.1. The Hall–Kier alpha value is 0.321. The van der Waals surface area contributed by atoms with Gasteiger partial charge in [0.15, 0.2) is 0 Å². The van der Waals surface area contributed by atoms with Crippen LogP contribution in [0, 0.1) is 5.41 Å². The minimum Gasteiger partial charge on any atom is -0.313 e. The Balaban J connectivity index is 5.89. The van der Waals surface area contributed by atoms with Crippen molar-refractivity contribution in [2.45, 2.75) is 63.2 Å². The van der Waals surface area contributed by atoms with E-state index in [0.717, 1.165) is 0 Å². The van der Waals surface area contributed by atoms with E-state index in [1.807, 2.05) is 6.21 Å². The zero-order valence-corrected chi connectivity index (χ0v) is 15.1. The molecule has 0 aliphatic rings. The van der Waals surface area contributed by atoms with Crippen molar-refractivity contribution in [1.29, 1.82) is 5.41 Å². The van der Waals surface area contributed by atoms with Gasteiger partial charge in [-0.25, -0.2) is 0 Å². The van der Waals surface area contributed by atoms with Crippen molar-refractivity contribution in [3.63, 3.8) is 0 Å². The molecule has 0 fully saturated rings. The molecule has 1 nitrogen and oxygen atoms in total. The van der Waals surface area contributed by atoms with Crippen LogP contribution in [-0.2, 0) is 0 Å². The van der Waals surface area contributed by atoms with Crippen LogP contribution in [0.15, 0.2) is 0 Å². The Kier molecular flexibility index (Phi) is 4.05. The molecule has 0 aromatic rings. The van der Waals surface area contributed by atoms with Gasteiger partial charge in [0.2, 0.25) is 0 Å². The maximum Gasteiger partial charge on any atom is 0.0511 e. The van der Waals surface area contributed by atoms with E-state index in [1.54, 1.807) is 0 Å². The lowest BCUT2D eigenvalue weighted by Crippen LogP contribution is -2.66. The van der Waals surface area contributed by atoms with Gasteiger partial charge in [-0.15, -0.1) is 0 Å². The van der Waals surface area contributed by atoms with Gasteiger partial charge in [-0.1, -0.05) is 58.9 Å². The van der Waals surface area contributed by atoms with Gasteiger partial charge >= 0.3 is 0 Å². The van der Waals surface area contributed by atoms with Gasteiger partial charge in [0.25, 0.3) is 0 Å². The fourth-order valence-corrected chi connectivity index (χ4v) is 32.3. The minimum atomic E-state index is -1.33. The Morgan fingerprint density at radius 1 is 0.667 bits per heavy atom. The molecule has 0 amide bonds. The van der Waals surface area contributed by atoms with Crippen LogP contribution in [-0.4, -0.2) is 30.4 Å². The molecule has 0 aliphatic carbocycles. The monoisotopic (exact) mass is 259 g/mol. The van der Waals surface area contributed by atoms with E-state index in [2.05, 4.69) is 58.9 Å². The molecule has 0 spiro atoms. The molecule has 0 aromatic heterocycles. The van der Waals surface area contributed by atoms with Gasteiger partial charge in [-0.2, -0.15) is 0 Å². The highest BCUT2D eigenvalue weighted by atomic mass is 28.5. The van der Waals surface area contributed by atoms with E-state index in [-0.39, 0.29) is 0 Å². The quantitative estimate of drug-likeness (QED) is 0.569. The highest BCUT2D eigenvalue weighted by Crippen LogP contribution is 2.51. The summed E-state index contributed by atoms with van der Waals surface area (Å²) in [6, 6.07) is 0. The third kappa shape index (κ3) is 2.36. The summed E-state index contributed by atoms with van der Waals surface area (Å²) < 4.78 is 0.312. The predicted molar refractivity (Wildman–Crippen MR) is 81.5 cm³/mol. The van der Waals surface area contributed by atoms with Gasteiger partial charge in [-0.05, 0) is 10.5 Å². The van der Waals surface area contributed by atoms with Crippen molar-refractivity contribution in [2.24, 2.45) is 0 Å². The first kappa shape index (κ1) is 15.3. The number of rotatable bonds is 4. The molecular formula is C11H29NSi3. The third-order valence-electron chi connectivity index (χ3n) is 3.77. The van der Waals surface area contributed by atoms with Gasteiger partial charge in [0, 0.05) is 0 Å². The third-order valence-corrected chi connectivity index (χ3v) is 24.8. The highest BCUT2D eigenvalue weighted by Gasteiger charge is 2.58. The first-order valence-electron chi connectivity index (χ1n) is 5.83. The fourth-order valence-electron chi connectivity index (χ4n) is 4.02. The summed E-state index contributed by atoms with van der Waals surface area (Å²) in [6.07, 6.45) is 1.87. The van der Waals surface area contributed by atoms with Gasteiger partial charge in [-0.3, -0.25) is 0 Å². The molecule has 15 heavy (non-hydrogen) atoms. The normalized spacial score (nSPS) is 15.3. The van der Waals surface area contributed by atoms with Crippen LogP contribution in [0.1, 0.15) is 0 Å². The summed E-state index contributed by atoms with van der Waals surface area (Å²) in [6.45, 7) is 22.1. The van der Waals surface area contributed by atoms with Crippen molar-refractivity contribution in [2.75, 3.05) is 0 Å². The molecule has 1 N–H and O–H groups in total. The van der Waals surface area contributed by atoms with Crippen LogP contribution < -0.4 is 0 Å². The Morgan fingerprint density at radius 3 is 0.867 bits per heavy atom. The van der Waals surface area contributed by atoms with Gasteiger partial charge in [0.05, 0.1) is 24.2 Å². The van der Waals surface area contributed by atoms with Crippen molar-refractivity contribution < 1.29 is 0 Å². The standard InChI is InChI=1S/C11H29NSi3/c1-13(2,3)11(10-12,14(4,5)6)15(7,8)9/h10,12H,1-9H3. The molecule has 0 rings (SSSR count). The van der Waals surface area contributed by atoms with Crippen LogP contribution in [0.25, 0.3) is 0 Å². The predicted octanol–water partition coefficient (Wildman–Crippen LogP) is 4.47. The van der Waals surface area contributed by atoms with E-state index in [1.165, 1.54) is 0 Å². The summed E-state index contributed by atoms with van der Waals surface area (Å²) in [5.41, 5.74) is 0. The molecule has 0 atom stereocenters. The molecule has 0 unspecified atom stereocenters. The van der Waals surface area contributed by atoms with E-state index in [4.69, 9.17) is 5.41 Å². The zero-order chi connectivity index (χ0) is 12.7. The molecule has 0 radical (unpaired) electrons. The molecule has 90 valence electrons. The average molecular weight is 260 g/mol. The van der Waals surface area contributed by atoms with Crippen LogP contribution in [0.4, 0.5) is 0 Å². The van der Waals surface area contributed by atoms with Crippen molar-refractivity contribution in [1.82, 2.24) is 0 Å². The summed E-state index contributed by atoms with van der Waals surface area (Å²) in [4.78, 5) is 0. The van der Waals surface area contributed by atoms with Crippen LogP contribution in [0.3, 0.4) is 0 Å². The van der Waals surface area contributed by atoms with Crippen molar-refractivity contribution in [3.8, 4) is 0 Å². The Morgan fingerprint density at radius 2 is 0.867 bits per heavy atom. The molecular weight excluding hydrogens is 230 g/mol. The molecule has 0 heterocycles. The fraction of sp³-hybridized carbons (Fsp3) is 0.909. The van der Waals surface area contributed by atoms with Crippen LogP contribution in [0.5, 0.6) is 0 Å². The average Bonchev–Trinajstić information content (AvgIpc) is 1.76. The number of hydrogen-bond donors (Lipinski definition) is 1. The molecule has 0 bridgehead atoms. The lowest BCUT2D eigenvalue weighted by atomic mass is 10.8. The molecule has 0 saturated carbocycles. The Labute approximate surface area is 99.2 Å². The molecule has 0 aliphatic heterocycles. The van der Waals surface area contributed by atoms with Crippen molar-refractivity contribution in [3.05, 3.63) is 0 Å². The molecule has 0 aromatic carbocycles. The zero-order valence-electron chi connectivity index (χ0n) is 12.1. The summed E-state index contributed by atoms with van der Waals surface area (Å²) in [7, 11) is -3.98. The van der Waals surface area contributed by atoms with Gasteiger partial charge in [0.1, 0.15) is 0 Å². The van der Waals surface area contributed by atoms with Crippen molar-refractivity contribution >= 4 is 30.4 Å². The minimum absolute atomic E-state index is 0.312. The maximum absolute atomic E-state index is 8.05. The van der Waals surface area contributed by atoms with Gasteiger partial charge < -0.3 is 5.41 Å². The highest BCUT2D eigenvalue weighted by molar-refractivity contribution is 7.18. The SMILES string of the molecule is C[Si](C)(C)C(C=N)([Si](C)(C)C)[Si](C)(C)C. The maximum atomic E-state index is 8.05. The summed E-state index contributed by atoms with van der Waals surface area (Å²) in [5.74, 6) is 0. The summed E-state index contributed by atoms with van der Waals surface area (Å²) >= 11 is 0. The Bertz CT molecular complexity index is 204. The molecule has 0 saturated heterocycles. The van der Waals surface area contributed by atoms with E-state index in [0.29, 0.717) is 4.28 Å². The van der Waals surface area contributed by atoms with Crippen LogP contribution in [0.2, 0.25) is 63.2 Å². The number of nitrogens with one attached hydrogen (secondary N) is 1. The lowest BCUT2D eigenvalue weighted by molar-refractivity contribution is 1.19.